The zero-order valence-corrected chi connectivity index (χ0v) is 12.6. The summed E-state index contributed by atoms with van der Waals surface area (Å²) >= 11 is 1.48. The molecule has 0 aliphatic heterocycles. The van der Waals surface area contributed by atoms with Gasteiger partial charge in [-0.1, -0.05) is 44.4 Å². The van der Waals surface area contributed by atoms with Crippen LogP contribution in [0.4, 0.5) is 0 Å². The Kier molecular flexibility index (Phi) is 5.64. The number of nitrogens with zero attached hydrogens (tertiary/aromatic N) is 1. The second-order valence-corrected chi connectivity index (χ2v) is 5.76. The summed E-state index contributed by atoms with van der Waals surface area (Å²) in [5, 5.41) is 2.02. The second kappa shape index (κ2) is 7.49. The summed E-state index contributed by atoms with van der Waals surface area (Å²) in [5.74, 6) is 0.961. The lowest BCUT2D eigenvalue weighted by atomic mass is 9.93. The van der Waals surface area contributed by atoms with Gasteiger partial charge in [-0.05, 0) is 42.8 Å². The molecule has 2 rings (SSSR count). The maximum atomic E-state index is 5.89. The van der Waals surface area contributed by atoms with Crippen molar-refractivity contribution in [1.82, 2.24) is 4.37 Å². The summed E-state index contributed by atoms with van der Waals surface area (Å²) < 4.78 is 10.4. The highest BCUT2D eigenvalue weighted by Gasteiger charge is 2.16. The predicted molar refractivity (Wildman–Crippen MR) is 82.7 cm³/mol. The van der Waals surface area contributed by atoms with E-state index in [0.29, 0.717) is 0 Å². The number of hydrogen-bond acceptors (Lipinski definition) is 3. The third kappa shape index (κ3) is 4.20. The van der Waals surface area contributed by atoms with Gasteiger partial charge in [-0.2, -0.15) is 4.37 Å². The minimum Gasteiger partial charge on any atom is -0.490 e. The zero-order valence-electron chi connectivity index (χ0n) is 11.8. The normalized spacial score (nSPS) is 15.4. The minimum absolute atomic E-state index is 0.805. The number of hydrogen-bond donors (Lipinski definition) is 0. The maximum absolute atomic E-state index is 5.89. The van der Waals surface area contributed by atoms with Gasteiger partial charge in [0.05, 0.1) is 12.0 Å². The van der Waals surface area contributed by atoms with Gasteiger partial charge in [-0.3, -0.25) is 0 Å². The molecule has 0 atom stereocenters. The molecule has 19 heavy (non-hydrogen) atoms. The van der Waals surface area contributed by atoms with Crippen LogP contribution < -0.4 is 4.74 Å². The third-order valence-corrected chi connectivity index (χ3v) is 4.03. The monoisotopic (exact) mass is 277 g/mol. The Morgan fingerprint density at radius 3 is 3.05 bits per heavy atom. The van der Waals surface area contributed by atoms with Crippen LogP contribution in [0.25, 0.3) is 5.57 Å². The lowest BCUT2D eigenvalue weighted by molar-refractivity contribution is 0.305. The SMILES string of the molecule is C=C1CCC=C(c2nscc2OCCCCCC)C1. The summed E-state index contributed by atoms with van der Waals surface area (Å²) in [4.78, 5) is 0. The fourth-order valence-corrected chi connectivity index (χ4v) is 2.96. The molecule has 0 spiro atoms. The molecule has 0 aromatic carbocycles. The highest BCUT2D eigenvalue weighted by atomic mass is 32.1. The molecule has 0 N–H and O–H groups in total. The van der Waals surface area contributed by atoms with Gasteiger partial charge in [0.1, 0.15) is 5.69 Å². The number of aromatic nitrogens is 1. The summed E-state index contributed by atoms with van der Waals surface area (Å²) in [6, 6.07) is 0. The van der Waals surface area contributed by atoms with E-state index in [4.69, 9.17) is 4.74 Å². The second-order valence-electron chi connectivity index (χ2n) is 5.13. The summed E-state index contributed by atoms with van der Waals surface area (Å²) in [6.45, 7) is 7.13. The van der Waals surface area contributed by atoms with Gasteiger partial charge in [0.25, 0.3) is 0 Å². The highest BCUT2D eigenvalue weighted by molar-refractivity contribution is 7.04. The molecule has 0 radical (unpaired) electrons. The Balaban J connectivity index is 1.90. The van der Waals surface area contributed by atoms with Crippen LogP contribution in [0.3, 0.4) is 0 Å². The predicted octanol–water partition coefficient (Wildman–Crippen LogP) is 5.23. The van der Waals surface area contributed by atoms with Gasteiger partial charge in [-0.25, -0.2) is 0 Å². The van der Waals surface area contributed by atoms with Crippen molar-refractivity contribution in [2.24, 2.45) is 0 Å². The van der Waals surface area contributed by atoms with E-state index >= 15 is 0 Å². The molecule has 2 nitrogen and oxygen atoms in total. The molecule has 1 aliphatic rings. The van der Waals surface area contributed by atoms with Crippen molar-refractivity contribution < 1.29 is 4.74 Å². The average molecular weight is 277 g/mol. The van der Waals surface area contributed by atoms with Crippen molar-refractivity contribution in [1.29, 1.82) is 0 Å². The number of unbranched alkanes of at least 4 members (excludes halogenated alkanes) is 3. The lowest BCUT2D eigenvalue weighted by Crippen LogP contribution is -2.01. The van der Waals surface area contributed by atoms with Crippen LogP contribution in [0.15, 0.2) is 23.6 Å². The fourth-order valence-electron chi connectivity index (χ4n) is 2.32. The number of ether oxygens (including phenoxy) is 1. The molecule has 0 bridgehead atoms. The molecule has 0 unspecified atom stereocenters. The number of rotatable bonds is 7. The fraction of sp³-hybridized carbons (Fsp3) is 0.562. The van der Waals surface area contributed by atoms with Crippen LogP contribution in [-0.4, -0.2) is 11.0 Å². The van der Waals surface area contributed by atoms with Crippen molar-refractivity contribution in [3.05, 3.63) is 29.3 Å². The highest BCUT2D eigenvalue weighted by Crippen LogP contribution is 2.34. The van der Waals surface area contributed by atoms with Crippen LogP contribution in [0.1, 0.15) is 57.6 Å². The first-order valence-electron chi connectivity index (χ1n) is 7.24. The molecule has 0 saturated heterocycles. The topological polar surface area (TPSA) is 22.1 Å². The first-order chi connectivity index (χ1) is 9.31. The molecule has 0 saturated carbocycles. The molecule has 1 aromatic heterocycles. The van der Waals surface area contributed by atoms with Crippen molar-refractivity contribution in [2.45, 2.75) is 51.9 Å². The molecule has 3 heteroatoms. The van der Waals surface area contributed by atoms with Gasteiger partial charge in [0, 0.05) is 0 Å². The molecule has 104 valence electrons. The Hall–Kier alpha value is -1.09. The summed E-state index contributed by atoms with van der Waals surface area (Å²) in [7, 11) is 0. The third-order valence-electron chi connectivity index (χ3n) is 3.43. The van der Waals surface area contributed by atoms with Crippen LogP contribution in [-0.2, 0) is 0 Å². The van der Waals surface area contributed by atoms with Crippen LogP contribution in [0.2, 0.25) is 0 Å². The zero-order chi connectivity index (χ0) is 13.5. The van der Waals surface area contributed by atoms with E-state index in [2.05, 4.69) is 24.0 Å². The van der Waals surface area contributed by atoms with E-state index in [0.717, 1.165) is 43.7 Å². The maximum Gasteiger partial charge on any atom is 0.157 e. The van der Waals surface area contributed by atoms with Gasteiger partial charge < -0.3 is 4.74 Å². The standard InChI is InChI=1S/C16H23NOS/c1-3-4-5-6-10-18-15-12-19-17-16(15)14-9-7-8-13(2)11-14/h9,12H,2-8,10-11H2,1H3. The molecular weight excluding hydrogens is 254 g/mol. The van der Waals surface area contributed by atoms with Crippen LogP contribution >= 0.6 is 11.5 Å². The minimum atomic E-state index is 0.805. The summed E-state index contributed by atoms with van der Waals surface area (Å²) in [6.07, 6.45) is 10.4. The molecule has 0 fully saturated rings. The molecule has 0 amide bonds. The largest absolute Gasteiger partial charge is 0.490 e. The van der Waals surface area contributed by atoms with Crippen molar-refractivity contribution in [2.75, 3.05) is 6.61 Å². The van der Waals surface area contributed by atoms with E-state index < -0.39 is 0 Å². The molecule has 1 heterocycles. The van der Waals surface area contributed by atoms with Gasteiger partial charge >= 0.3 is 0 Å². The summed E-state index contributed by atoms with van der Waals surface area (Å²) in [5.41, 5.74) is 3.64. The van der Waals surface area contributed by atoms with E-state index in [1.165, 1.54) is 41.9 Å². The van der Waals surface area contributed by atoms with Crippen molar-refractivity contribution >= 4 is 17.1 Å². The molecule has 1 aliphatic carbocycles. The van der Waals surface area contributed by atoms with E-state index in [1.54, 1.807) is 0 Å². The molecular formula is C16H23NOS. The Labute approximate surface area is 120 Å². The van der Waals surface area contributed by atoms with Crippen molar-refractivity contribution in [3.63, 3.8) is 0 Å². The van der Waals surface area contributed by atoms with Crippen LogP contribution in [0.5, 0.6) is 5.75 Å². The van der Waals surface area contributed by atoms with E-state index in [1.807, 2.05) is 5.38 Å². The number of allylic oxidation sites excluding steroid dienone is 3. The van der Waals surface area contributed by atoms with E-state index in [9.17, 15) is 0 Å². The van der Waals surface area contributed by atoms with Crippen molar-refractivity contribution in [3.8, 4) is 5.75 Å². The van der Waals surface area contributed by atoms with Gasteiger partial charge in [0.2, 0.25) is 0 Å². The van der Waals surface area contributed by atoms with Gasteiger partial charge in [-0.15, -0.1) is 0 Å². The average Bonchev–Trinajstić information content (AvgIpc) is 2.87. The first-order valence-corrected chi connectivity index (χ1v) is 8.08. The smallest absolute Gasteiger partial charge is 0.157 e. The quantitative estimate of drug-likeness (QED) is 0.503. The first kappa shape index (κ1) is 14.3. The Bertz CT molecular complexity index is 447. The van der Waals surface area contributed by atoms with E-state index in [-0.39, 0.29) is 0 Å². The molecule has 1 aromatic rings. The Morgan fingerprint density at radius 1 is 1.37 bits per heavy atom. The van der Waals surface area contributed by atoms with Crippen LogP contribution in [0, 0.1) is 0 Å². The van der Waals surface area contributed by atoms with Gasteiger partial charge in [0.15, 0.2) is 5.75 Å². The Morgan fingerprint density at radius 2 is 2.26 bits per heavy atom. The lowest BCUT2D eigenvalue weighted by Gasteiger charge is -2.15.